The van der Waals surface area contributed by atoms with E-state index in [0.717, 1.165) is 28.9 Å². The summed E-state index contributed by atoms with van der Waals surface area (Å²) in [4.78, 5) is 16.1. The maximum Gasteiger partial charge on any atom is 0.416 e. The molecule has 0 bridgehead atoms. The van der Waals surface area contributed by atoms with E-state index in [1.807, 2.05) is 24.3 Å². The van der Waals surface area contributed by atoms with E-state index in [0.29, 0.717) is 31.9 Å². The van der Waals surface area contributed by atoms with Crippen molar-refractivity contribution in [2.24, 2.45) is 4.99 Å². The largest absolute Gasteiger partial charge is 0.416 e. The number of nitrogens with zero attached hydrogens (tertiary/aromatic N) is 1. The number of hydrogen-bond donors (Lipinski definition) is 3. The molecule has 1 heterocycles. The SMILES string of the molecule is CN=C(NCCc1ccc(C(F)(F)F)cc1)NCC1CC(=O)Nc2ccccc21. The van der Waals surface area contributed by atoms with E-state index in [4.69, 9.17) is 0 Å². The summed E-state index contributed by atoms with van der Waals surface area (Å²) in [6, 6.07) is 12.9. The number of guanidine groups is 1. The van der Waals surface area contributed by atoms with Crippen LogP contribution in [0.5, 0.6) is 0 Å². The van der Waals surface area contributed by atoms with E-state index in [2.05, 4.69) is 20.9 Å². The Morgan fingerprint density at radius 1 is 1.14 bits per heavy atom. The number of carbonyl (C=O) groups excluding carboxylic acids is 1. The average Bonchev–Trinajstić information content (AvgIpc) is 2.70. The summed E-state index contributed by atoms with van der Waals surface area (Å²) in [5.74, 6) is 0.606. The Labute approximate surface area is 167 Å². The highest BCUT2D eigenvalue weighted by atomic mass is 19.4. The molecule has 1 amide bonds. The van der Waals surface area contributed by atoms with Crippen molar-refractivity contribution < 1.29 is 18.0 Å². The van der Waals surface area contributed by atoms with Crippen molar-refractivity contribution in [3.05, 3.63) is 65.2 Å². The predicted octanol–water partition coefficient (Wildman–Crippen LogP) is 3.54. The van der Waals surface area contributed by atoms with Gasteiger partial charge in [-0.25, -0.2) is 0 Å². The number of aliphatic imine (C=N–C) groups is 1. The molecular formula is C21H23F3N4O. The molecular weight excluding hydrogens is 381 g/mol. The number of hydrogen-bond acceptors (Lipinski definition) is 2. The Hall–Kier alpha value is -3.03. The number of rotatable bonds is 5. The van der Waals surface area contributed by atoms with Crippen molar-refractivity contribution >= 4 is 17.6 Å². The maximum absolute atomic E-state index is 12.6. The van der Waals surface area contributed by atoms with E-state index in [1.165, 1.54) is 12.1 Å². The molecule has 0 aliphatic carbocycles. The molecule has 1 aliphatic heterocycles. The van der Waals surface area contributed by atoms with Gasteiger partial charge in [-0.2, -0.15) is 13.2 Å². The lowest BCUT2D eigenvalue weighted by molar-refractivity contribution is -0.137. The first-order valence-electron chi connectivity index (χ1n) is 9.36. The molecule has 2 aromatic rings. The third-order valence-electron chi connectivity index (χ3n) is 4.83. The molecule has 1 atom stereocenters. The summed E-state index contributed by atoms with van der Waals surface area (Å²) in [5, 5.41) is 9.25. The van der Waals surface area contributed by atoms with Crippen LogP contribution in [0.3, 0.4) is 0 Å². The van der Waals surface area contributed by atoms with Gasteiger partial charge in [-0.15, -0.1) is 0 Å². The molecule has 0 aromatic heterocycles. The van der Waals surface area contributed by atoms with E-state index in [-0.39, 0.29) is 11.8 Å². The predicted molar refractivity (Wildman–Crippen MR) is 107 cm³/mol. The third-order valence-corrected chi connectivity index (χ3v) is 4.83. The number of alkyl halides is 3. The van der Waals surface area contributed by atoms with Crippen LogP contribution in [-0.4, -0.2) is 32.0 Å². The number of para-hydroxylation sites is 1. The van der Waals surface area contributed by atoms with Crippen molar-refractivity contribution in [1.29, 1.82) is 0 Å². The van der Waals surface area contributed by atoms with Crippen LogP contribution in [0.4, 0.5) is 18.9 Å². The second-order valence-electron chi connectivity index (χ2n) is 6.86. The molecule has 154 valence electrons. The zero-order chi connectivity index (χ0) is 20.9. The Bertz CT molecular complexity index is 878. The standard InChI is InChI=1S/C21H23F3N4O/c1-25-20(26-11-10-14-6-8-16(9-7-14)21(22,23)24)27-13-15-12-19(29)28-18-5-3-2-4-17(15)18/h2-9,15H,10-13H2,1H3,(H,28,29)(H2,25,26,27). The van der Waals surface area contributed by atoms with Gasteiger partial charge in [0.2, 0.25) is 5.91 Å². The van der Waals surface area contributed by atoms with Gasteiger partial charge in [0.25, 0.3) is 0 Å². The third kappa shape index (κ3) is 5.49. The first-order valence-corrected chi connectivity index (χ1v) is 9.36. The molecule has 0 fully saturated rings. The minimum absolute atomic E-state index is 0.0132. The highest BCUT2D eigenvalue weighted by Crippen LogP contribution is 2.31. The summed E-state index contributed by atoms with van der Waals surface area (Å²) in [5.41, 5.74) is 2.07. The van der Waals surface area contributed by atoms with Gasteiger partial charge in [-0.1, -0.05) is 30.3 Å². The molecule has 0 saturated carbocycles. The van der Waals surface area contributed by atoms with Gasteiger partial charge >= 0.3 is 6.18 Å². The van der Waals surface area contributed by atoms with E-state index >= 15 is 0 Å². The molecule has 2 aromatic carbocycles. The molecule has 3 N–H and O–H groups in total. The zero-order valence-electron chi connectivity index (χ0n) is 16.0. The first kappa shape index (κ1) is 20.7. The molecule has 8 heteroatoms. The van der Waals surface area contributed by atoms with Crippen molar-refractivity contribution in [3.63, 3.8) is 0 Å². The van der Waals surface area contributed by atoms with Crippen LogP contribution in [0, 0.1) is 0 Å². The molecule has 0 saturated heterocycles. The maximum atomic E-state index is 12.6. The van der Waals surface area contributed by atoms with Gasteiger partial charge < -0.3 is 16.0 Å². The molecule has 5 nitrogen and oxygen atoms in total. The number of benzene rings is 2. The molecule has 29 heavy (non-hydrogen) atoms. The van der Waals surface area contributed by atoms with Gasteiger partial charge in [-0.05, 0) is 35.7 Å². The molecule has 0 radical (unpaired) electrons. The number of amides is 1. The van der Waals surface area contributed by atoms with Crippen molar-refractivity contribution in [2.45, 2.75) is 24.9 Å². The Morgan fingerprint density at radius 2 is 1.86 bits per heavy atom. The minimum atomic E-state index is -4.32. The summed E-state index contributed by atoms with van der Waals surface area (Å²) in [7, 11) is 1.65. The molecule has 0 spiro atoms. The van der Waals surface area contributed by atoms with Gasteiger partial charge in [0, 0.05) is 38.2 Å². The summed E-state index contributed by atoms with van der Waals surface area (Å²) < 4.78 is 37.9. The second kappa shape index (κ2) is 8.98. The number of halogens is 3. The number of anilines is 1. The van der Waals surface area contributed by atoms with Crippen molar-refractivity contribution in [1.82, 2.24) is 10.6 Å². The van der Waals surface area contributed by atoms with Gasteiger partial charge in [0.05, 0.1) is 5.56 Å². The fourth-order valence-corrected chi connectivity index (χ4v) is 3.31. The lowest BCUT2D eigenvalue weighted by atomic mass is 9.90. The van der Waals surface area contributed by atoms with Crippen LogP contribution in [0.15, 0.2) is 53.5 Å². The Balaban J connectivity index is 1.50. The van der Waals surface area contributed by atoms with Crippen LogP contribution in [0.25, 0.3) is 0 Å². The van der Waals surface area contributed by atoms with Crippen molar-refractivity contribution in [2.75, 3.05) is 25.5 Å². The lowest BCUT2D eigenvalue weighted by Gasteiger charge is -2.26. The van der Waals surface area contributed by atoms with E-state index in [1.54, 1.807) is 7.05 Å². The van der Waals surface area contributed by atoms with Crippen molar-refractivity contribution in [3.8, 4) is 0 Å². The van der Waals surface area contributed by atoms with Crippen LogP contribution in [0.1, 0.15) is 29.0 Å². The van der Waals surface area contributed by atoms with Gasteiger partial charge in [0.15, 0.2) is 5.96 Å². The monoisotopic (exact) mass is 404 g/mol. The number of carbonyl (C=O) groups is 1. The normalized spacial score (nSPS) is 16.8. The summed E-state index contributed by atoms with van der Waals surface area (Å²) in [6.45, 7) is 1.07. The second-order valence-corrected chi connectivity index (χ2v) is 6.86. The highest BCUT2D eigenvalue weighted by Gasteiger charge is 2.30. The van der Waals surface area contributed by atoms with Crippen LogP contribution in [-0.2, 0) is 17.4 Å². The zero-order valence-corrected chi connectivity index (χ0v) is 16.0. The van der Waals surface area contributed by atoms with Crippen LogP contribution in [0.2, 0.25) is 0 Å². The summed E-state index contributed by atoms with van der Waals surface area (Å²) in [6.07, 6.45) is -3.36. The topological polar surface area (TPSA) is 65.5 Å². The van der Waals surface area contributed by atoms with Gasteiger partial charge in [0.1, 0.15) is 0 Å². The minimum Gasteiger partial charge on any atom is -0.356 e. The Kier molecular flexibility index (Phi) is 6.41. The fourth-order valence-electron chi connectivity index (χ4n) is 3.31. The van der Waals surface area contributed by atoms with E-state index < -0.39 is 11.7 Å². The fraction of sp³-hybridized carbons (Fsp3) is 0.333. The average molecular weight is 404 g/mol. The molecule has 1 unspecified atom stereocenters. The lowest BCUT2D eigenvalue weighted by Crippen LogP contribution is -2.41. The molecule has 1 aliphatic rings. The van der Waals surface area contributed by atoms with Crippen LogP contribution >= 0.6 is 0 Å². The van der Waals surface area contributed by atoms with Crippen LogP contribution < -0.4 is 16.0 Å². The smallest absolute Gasteiger partial charge is 0.356 e. The van der Waals surface area contributed by atoms with E-state index in [9.17, 15) is 18.0 Å². The summed E-state index contributed by atoms with van der Waals surface area (Å²) >= 11 is 0. The quantitative estimate of drug-likeness (QED) is 0.528. The number of fused-ring (bicyclic) bond motifs is 1. The van der Waals surface area contributed by atoms with Gasteiger partial charge in [-0.3, -0.25) is 9.79 Å². The molecule has 3 rings (SSSR count). The first-order chi connectivity index (χ1) is 13.9. The highest BCUT2D eigenvalue weighted by molar-refractivity contribution is 5.94. The number of nitrogens with one attached hydrogen (secondary N) is 3. The Morgan fingerprint density at radius 3 is 2.55 bits per heavy atom.